The van der Waals surface area contributed by atoms with Gasteiger partial charge in [-0.25, -0.2) is 4.79 Å². The van der Waals surface area contributed by atoms with Crippen molar-refractivity contribution in [2.75, 3.05) is 13.1 Å². The number of para-hydroxylation sites is 1. The van der Waals surface area contributed by atoms with Crippen molar-refractivity contribution in [3.63, 3.8) is 0 Å². The molecule has 5 rings (SSSR count). The second-order valence-electron chi connectivity index (χ2n) is 10.3. The van der Waals surface area contributed by atoms with Crippen molar-refractivity contribution in [3.8, 4) is 16.2 Å². The number of hydrogen-bond acceptors (Lipinski definition) is 6. The molecule has 2 aliphatic heterocycles. The average molecular weight is 546 g/mol. The maximum atomic E-state index is 13.7. The van der Waals surface area contributed by atoms with Crippen LogP contribution in [0.3, 0.4) is 0 Å². The van der Waals surface area contributed by atoms with Crippen molar-refractivity contribution in [2.24, 2.45) is 5.92 Å². The Kier molecular flexibility index (Phi) is 7.79. The fraction of sp³-hybridized carbons (Fsp3) is 0.333. The number of Topliss-reactive ketones (excluding diaryl/α,β-unsaturated/α-hetero) is 1. The van der Waals surface area contributed by atoms with E-state index < -0.39 is 24.2 Å². The second-order valence-corrected chi connectivity index (χ2v) is 11.3. The fourth-order valence-corrected chi connectivity index (χ4v) is 6.06. The Morgan fingerprint density at radius 3 is 2.41 bits per heavy atom. The van der Waals surface area contributed by atoms with Gasteiger partial charge in [-0.05, 0) is 60.0 Å². The van der Waals surface area contributed by atoms with E-state index in [0.717, 1.165) is 10.4 Å². The lowest BCUT2D eigenvalue weighted by atomic mass is 10.0. The number of likely N-dealkylation sites (tertiary alicyclic amines) is 2. The third kappa shape index (κ3) is 5.73. The highest BCUT2D eigenvalue weighted by Crippen LogP contribution is 2.31. The molecule has 2 aliphatic rings. The molecule has 3 heterocycles. The first-order valence-corrected chi connectivity index (χ1v) is 14.0. The van der Waals surface area contributed by atoms with Gasteiger partial charge in [-0.3, -0.25) is 19.3 Å². The van der Waals surface area contributed by atoms with Crippen LogP contribution >= 0.6 is 11.3 Å². The van der Waals surface area contributed by atoms with Crippen molar-refractivity contribution in [3.05, 3.63) is 77.7 Å². The van der Waals surface area contributed by atoms with Crippen LogP contribution in [0.1, 0.15) is 37.0 Å². The summed E-state index contributed by atoms with van der Waals surface area (Å²) in [5, 5.41) is 4.91. The number of carbonyl (C=O) groups excluding carboxylic acids is 4. The molecule has 0 radical (unpaired) electrons. The Labute approximate surface area is 231 Å². The molecule has 9 heteroatoms. The third-order valence-corrected chi connectivity index (χ3v) is 8.07. The van der Waals surface area contributed by atoms with E-state index in [1.54, 1.807) is 47.7 Å². The summed E-state index contributed by atoms with van der Waals surface area (Å²) in [4.78, 5) is 56.8. The van der Waals surface area contributed by atoms with Crippen molar-refractivity contribution < 1.29 is 23.9 Å². The van der Waals surface area contributed by atoms with E-state index in [1.165, 1.54) is 9.80 Å². The lowest BCUT2D eigenvalue weighted by Crippen LogP contribution is -2.53. The van der Waals surface area contributed by atoms with E-state index >= 15 is 0 Å². The fourth-order valence-electron chi connectivity index (χ4n) is 5.33. The number of rotatable bonds is 7. The zero-order valence-corrected chi connectivity index (χ0v) is 22.7. The van der Waals surface area contributed by atoms with Crippen LogP contribution in [0.25, 0.3) is 10.4 Å². The van der Waals surface area contributed by atoms with E-state index in [9.17, 15) is 19.2 Å². The van der Waals surface area contributed by atoms with Gasteiger partial charge in [0.15, 0.2) is 5.78 Å². The van der Waals surface area contributed by atoms with Gasteiger partial charge in [0.2, 0.25) is 5.91 Å². The summed E-state index contributed by atoms with van der Waals surface area (Å²) in [6.45, 7) is 4.19. The topological polar surface area (TPSA) is 96.0 Å². The van der Waals surface area contributed by atoms with Gasteiger partial charge in [0, 0.05) is 17.0 Å². The van der Waals surface area contributed by atoms with Crippen molar-refractivity contribution in [1.29, 1.82) is 0 Å². The van der Waals surface area contributed by atoms with Crippen LogP contribution in [0.15, 0.2) is 72.1 Å². The van der Waals surface area contributed by atoms with Crippen molar-refractivity contribution in [1.82, 2.24) is 15.1 Å². The van der Waals surface area contributed by atoms with Gasteiger partial charge >= 0.3 is 6.09 Å². The molecule has 2 fully saturated rings. The predicted molar refractivity (Wildman–Crippen MR) is 149 cm³/mol. The number of carbonyl (C=O) groups is 4. The maximum absolute atomic E-state index is 13.7. The molecule has 1 N–H and O–H groups in total. The van der Waals surface area contributed by atoms with Gasteiger partial charge < -0.3 is 15.0 Å². The first-order chi connectivity index (χ1) is 18.8. The first-order valence-electron chi connectivity index (χ1n) is 13.1. The summed E-state index contributed by atoms with van der Waals surface area (Å²) in [6, 6.07) is 18.0. The highest BCUT2D eigenvalue weighted by Gasteiger charge is 2.52. The Morgan fingerprint density at radius 1 is 1.00 bits per heavy atom. The van der Waals surface area contributed by atoms with Gasteiger partial charge in [0.25, 0.3) is 5.91 Å². The predicted octanol–water partition coefficient (Wildman–Crippen LogP) is 4.61. The zero-order valence-electron chi connectivity index (χ0n) is 21.9. The summed E-state index contributed by atoms with van der Waals surface area (Å²) in [5.74, 6) is -0.308. The number of ketones is 1. The van der Waals surface area contributed by atoms with Crippen LogP contribution in [-0.2, 0) is 9.59 Å². The molecule has 3 amide bonds. The molecule has 0 bridgehead atoms. The summed E-state index contributed by atoms with van der Waals surface area (Å²) < 4.78 is 5.46. The number of ether oxygens (including phenoxy) is 1. The monoisotopic (exact) mass is 545 g/mol. The smallest absolute Gasteiger partial charge is 0.410 e. The molecule has 3 aromatic rings. The largest absolute Gasteiger partial charge is 0.415 e. The number of fused-ring (bicyclic) bond motifs is 1. The van der Waals surface area contributed by atoms with Crippen LogP contribution in [0.2, 0.25) is 0 Å². The highest BCUT2D eigenvalue weighted by atomic mass is 32.1. The Morgan fingerprint density at radius 2 is 1.74 bits per heavy atom. The van der Waals surface area contributed by atoms with Gasteiger partial charge in [-0.1, -0.05) is 50.2 Å². The summed E-state index contributed by atoms with van der Waals surface area (Å²) in [5.41, 5.74) is 1.48. The summed E-state index contributed by atoms with van der Waals surface area (Å²) in [7, 11) is 0. The average Bonchev–Trinajstić information content (AvgIpc) is 3.68. The molecular formula is C30H31N3O5S. The van der Waals surface area contributed by atoms with Gasteiger partial charge in [-0.15, -0.1) is 11.3 Å². The molecule has 3 unspecified atom stereocenters. The van der Waals surface area contributed by atoms with Crippen LogP contribution in [0.5, 0.6) is 5.75 Å². The zero-order chi connectivity index (χ0) is 27.5. The van der Waals surface area contributed by atoms with Crippen LogP contribution in [0, 0.1) is 5.92 Å². The van der Waals surface area contributed by atoms with E-state index in [0.29, 0.717) is 30.7 Å². The molecule has 2 aromatic carbocycles. The summed E-state index contributed by atoms with van der Waals surface area (Å²) in [6.07, 6.45) is 0.299. The van der Waals surface area contributed by atoms with Crippen LogP contribution < -0.4 is 10.1 Å². The molecule has 39 heavy (non-hydrogen) atoms. The molecular weight excluding hydrogens is 514 g/mol. The minimum absolute atomic E-state index is 0.109. The lowest BCUT2D eigenvalue weighted by molar-refractivity contribution is -0.138. The van der Waals surface area contributed by atoms with Crippen molar-refractivity contribution >= 4 is 35.0 Å². The number of nitrogens with zero attached hydrogens (tertiary/aromatic N) is 2. The lowest BCUT2D eigenvalue weighted by Gasteiger charge is -2.29. The van der Waals surface area contributed by atoms with E-state index in [1.807, 2.05) is 49.6 Å². The van der Waals surface area contributed by atoms with E-state index in [2.05, 4.69) is 5.32 Å². The van der Waals surface area contributed by atoms with Gasteiger partial charge in [0.05, 0.1) is 12.6 Å². The quantitative estimate of drug-likeness (QED) is 0.468. The normalized spacial score (nSPS) is 19.2. The minimum Gasteiger partial charge on any atom is -0.410 e. The third-order valence-electron chi connectivity index (χ3n) is 7.15. The molecule has 8 nitrogen and oxygen atoms in total. The van der Waals surface area contributed by atoms with Crippen molar-refractivity contribution in [2.45, 2.75) is 44.8 Å². The molecule has 202 valence electrons. The Bertz CT molecular complexity index is 1340. The first kappa shape index (κ1) is 26.6. The number of hydrogen-bond donors (Lipinski definition) is 1. The Balaban J connectivity index is 1.27. The van der Waals surface area contributed by atoms with E-state index in [-0.39, 0.29) is 30.1 Å². The SMILES string of the molecule is CC(C)CC(NC(=O)c1ccc(-c2cccs2)cc1)C(=O)N1CCC2C1C(=O)CN2C(=O)Oc1ccccc1. The highest BCUT2D eigenvalue weighted by molar-refractivity contribution is 7.13. The minimum atomic E-state index is -0.786. The molecule has 0 saturated carbocycles. The van der Waals surface area contributed by atoms with Crippen LogP contribution in [-0.4, -0.2) is 64.7 Å². The standard InChI is InChI=1S/C30H31N3O5S/c1-19(2)17-23(31-28(35)21-12-10-20(11-13-21)26-9-6-16-39-26)29(36)32-15-14-24-27(32)25(34)18-33(24)30(37)38-22-7-4-3-5-8-22/h3-13,16,19,23-24,27H,14-15,17-18H2,1-2H3,(H,31,35). The molecule has 1 aromatic heterocycles. The van der Waals surface area contributed by atoms with E-state index in [4.69, 9.17) is 4.74 Å². The molecule has 3 atom stereocenters. The van der Waals surface area contributed by atoms with Gasteiger partial charge in [0.1, 0.15) is 17.8 Å². The Hall–Kier alpha value is -3.98. The van der Waals surface area contributed by atoms with Crippen LogP contribution in [0.4, 0.5) is 4.79 Å². The number of nitrogens with one attached hydrogen (secondary N) is 1. The van der Waals surface area contributed by atoms with Gasteiger partial charge in [-0.2, -0.15) is 0 Å². The number of thiophene rings is 1. The maximum Gasteiger partial charge on any atom is 0.415 e. The molecule has 2 saturated heterocycles. The molecule has 0 spiro atoms. The number of amides is 3. The second kappa shape index (κ2) is 11.4. The number of benzene rings is 2. The molecule has 0 aliphatic carbocycles. The summed E-state index contributed by atoms with van der Waals surface area (Å²) >= 11 is 1.62.